The molecule has 0 spiro atoms. The van der Waals surface area contributed by atoms with Gasteiger partial charge >= 0.3 is 0 Å². The van der Waals surface area contributed by atoms with Gasteiger partial charge in [-0.2, -0.15) is 0 Å². The van der Waals surface area contributed by atoms with Crippen molar-refractivity contribution >= 4 is 17.5 Å². The van der Waals surface area contributed by atoms with E-state index in [9.17, 15) is 9.59 Å². The predicted molar refractivity (Wildman–Crippen MR) is 110 cm³/mol. The fraction of sp³-hybridized carbons (Fsp3) is 0.435. The fourth-order valence-electron chi connectivity index (χ4n) is 4.37. The number of amides is 2. The van der Waals surface area contributed by atoms with Crippen molar-refractivity contribution in [2.24, 2.45) is 5.92 Å². The van der Waals surface area contributed by atoms with Gasteiger partial charge < -0.3 is 10.2 Å². The highest BCUT2D eigenvalue weighted by Crippen LogP contribution is 2.29. The lowest BCUT2D eigenvalue weighted by Gasteiger charge is -2.31. The third-order valence-electron chi connectivity index (χ3n) is 5.93. The van der Waals surface area contributed by atoms with Crippen molar-refractivity contribution in [3.8, 4) is 11.1 Å². The fourth-order valence-corrected chi connectivity index (χ4v) is 4.37. The van der Waals surface area contributed by atoms with E-state index in [2.05, 4.69) is 10.3 Å². The molecule has 4 rings (SSSR count). The van der Waals surface area contributed by atoms with Crippen molar-refractivity contribution in [1.82, 2.24) is 9.88 Å². The smallest absolute Gasteiger partial charge is 0.229 e. The van der Waals surface area contributed by atoms with Crippen LogP contribution in [-0.2, 0) is 9.59 Å². The number of aryl methyl sites for hydroxylation is 1. The lowest BCUT2D eigenvalue weighted by Crippen LogP contribution is -2.38. The zero-order chi connectivity index (χ0) is 19.5. The first-order valence-corrected chi connectivity index (χ1v) is 10.2. The average molecular weight is 377 g/mol. The molecule has 1 aromatic heterocycles. The van der Waals surface area contributed by atoms with Crippen LogP contribution in [0.1, 0.15) is 44.2 Å². The Balaban J connectivity index is 1.38. The maximum absolute atomic E-state index is 12.7. The van der Waals surface area contributed by atoms with Crippen molar-refractivity contribution in [1.29, 1.82) is 0 Å². The largest absolute Gasteiger partial charge is 0.339 e. The van der Waals surface area contributed by atoms with Crippen molar-refractivity contribution in [3.05, 3.63) is 48.3 Å². The van der Waals surface area contributed by atoms with Crippen LogP contribution < -0.4 is 5.32 Å². The van der Waals surface area contributed by atoms with Crippen LogP contribution in [0.25, 0.3) is 11.1 Å². The van der Waals surface area contributed by atoms with Crippen LogP contribution in [0.15, 0.2) is 42.6 Å². The Bertz CT molecular complexity index is 856. The number of carbonyl (C=O) groups is 2. The lowest BCUT2D eigenvalue weighted by atomic mass is 9.94. The monoisotopic (exact) mass is 377 g/mol. The Morgan fingerprint density at radius 2 is 1.82 bits per heavy atom. The molecule has 2 amide bonds. The summed E-state index contributed by atoms with van der Waals surface area (Å²) in [5, 5.41) is 2.99. The second kappa shape index (κ2) is 8.13. The first kappa shape index (κ1) is 18.7. The summed E-state index contributed by atoms with van der Waals surface area (Å²) >= 11 is 0. The van der Waals surface area contributed by atoms with Crippen LogP contribution in [0.4, 0.5) is 5.69 Å². The summed E-state index contributed by atoms with van der Waals surface area (Å²) in [6.45, 7) is 2.53. The summed E-state index contributed by atoms with van der Waals surface area (Å²) in [4.78, 5) is 31.3. The number of benzene rings is 1. The molecule has 0 radical (unpaired) electrons. The second-order valence-electron chi connectivity index (χ2n) is 7.99. The minimum atomic E-state index is -0.253. The van der Waals surface area contributed by atoms with E-state index in [1.807, 2.05) is 48.2 Å². The summed E-state index contributed by atoms with van der Waals surface area (Å²) in [6.07, 6.45) is 7.93. The predicted octanol–water partition coefficient (Wildman–Crippen LogP) is 4.18. The van der Waals surface area contributed by atoms with Crippen molar-refractivity contribution < 1.29 is 9.59 Å². The molecule has 5 heteroatoms. The van der Waals surface area contributed by atoms with Gasteiger partial charge in [-0.05, 0) is 55.2 Å². The zero-order valence-corrected chi connectivity index (χ0v) is 16.4. The van der Waals surface area contributed by atoms with Gasteiger partial charge in [0, 0.05) is 36.6 Å². The first-order chi connectivity index (χ1) is 13.6. The van der Waals surface area contributed by atoms with Crippen LogP contribution in [0, 0.1) is 12.8 Å². The van der Waals surface area contributed by atoms with Crippen molar-refractivity contribution in [2.75, 3.05) is 11.9 Å². The molecular formula is C23H27N3O2. The standard InChI is InChI=1S/C23H27N3O2/c1-16-13-18(11-12-24-16)17-7-9-20(10-8-17)25-23(28)19-14-22(27)26(15-19)21-5-3-2-4-6-21/h7-13,19,21H,2-6,14-15H2,1H3,(H,25,28). The molecule has 146 valence electrons. The van der Waals surface area contributed by atoms with E-state index in [1.54, 1.807) is 6.20 Å². The number of nitrogens with one attached hydrogen (secondary N) is 1. The number of nitrogens with zero attached hydrogens (tertiary/aromatic N) is 2. The van der Waals surface area contributed by atoms with Crippen LogP contribution in [0.3, 0.4) is 0 Å². The van der Waals surface area contributed by atoms with E-state index >= 15 is 0 Å². The van der Waals surface area contributed by atoms with Gasteiger partial charge in [-0.1, -0.05) is 31.4 Å². The Kier molecular flexibility index (Phi) is 5.42. The molecule has 1 aliphatic heterocycles. The minimum absolute atomic E-state index is 0.0563. The molecule has 28 heavy (non-hydrogen) atoms. The first-order valence-electron chi connectivity index (χ1n) is 10.2. The van der Waals surface area contributed by atoms with Crippen molar-refractivity contribution in [3.63, 3.8) is 0 Å². The van der Waals surface area contributed by atoms with E-state index in [0.29, 0.717) is 19.0 Å². The van der Waals surface area contributed by atoms with Gasteiger partial charge in [0.1, 0.15) is 0 Å². The van der Waals surface area contributed by atoms with E-state index in [-0.39, 0.29) is 17.7 Å². The molecule has 1 saturated carbocycles. The maximum Gasteiger partial charge on any atom is 0.229 e. The maximum atomic E-state index is 12.7. The van der Waals surface area contributed by atoms with Gasteiger partial charge in [0.15, 0.2) is 0 Å². The molecular weight excluding hydrogens is 350 g/mol. The van der Waals surface area contributed by atoms with E-state index in [1.165, 1.54) is 19.3 Å². The van der Waals surface area contributed by atoms with Crippen LogP contribution in [0.5, 0.6) is 0 Å². The molecule has 2 fully saturated rings. The molecule has 5 nitrogen and oxygen atoms in total. The molecule has 1 N–H and O–H groups in total. The van der Waals surface area contributed by atoms with Crippen LogP contribution >= 0.6 is 0 Å². The quantitative estimate of drug-likeness (QED) is 0.869. The third-order valence-corrected chi connectivity index (χ3v) is 5.93. The number of hydrogen-bond acceptors (Lipinski definition) is 3. The minimum Gasteiger partial charge on any atom is -0.339 e. The Hall–Kier alpha value is -2.69. The van der Waals surface area contributed by atoms with E-state index in [0.717, 1.165) is 35.3 Å². The molecule has 0 bridgehead atoms. The highest BCUT2D eigenvalue weighted by molar-refractivity contribution is 5.97. The number of carbonyl (C=O) groups excluding carboxylic acids is 2. The summed E-state index contributed by atoms with van der Waals surface area (Å²) in [6, 6.07) is 12.2. The van der Waals surface area contributed by atoms with Gasteiger partial charge in [0.05, 0.1) is 5.92 Å². The number of hydrogen-bond donors (Lipinski definition) is 1. The topological polar surface area (TPSA) is 62.3 Å². The number of anilines is 1. The summed E-state index contributed by atoms with van der Waals surface area (Å²) in [5.74, 6) is -0.174. The summed E-state index contributed by atoms with van der Waals surface area (Å²) in [5.41, 5.74) is 3.93. The molecule has 1 aliphatic carbocycles. The normalized spacial score (nSPS) is 20.4. The zero-order valence-electron chi connectivity index (χ0n) is 16.4. The average Bonchev–Trinajstić information content (AvgIpc) is 3.11. The molecule has 1 atom stereocenters. The number of likely N-dealkylation sites (tertiary alicyclic amines) is 1. The SMILES string of the molecule is Cc1cc(-c2ccc(NC(=O)C3CC(=O)N(C4CCCCC4)C3)cc2)ccn1. The van der Waals surface area contributed by atoms with Gasteiger partial charge in [0.2, 0.25) is 11.8 Å². The molecule has 2 aromatic rings. The summed E-state index contributed by atoms with van der Waals surface area (Å²) < 4.78 is 0. The van der Waals surface area contributed by atoms with E-state index in [4.69, 9.17) is 0 Å². The highest BCUT2D eigenvalue weighted by Gasteiger charge is 2.38. The number of rotatable bonds is 4. The lowest BCUT2D eigenvalue weighted by molar-refractivity contribution is -0.130. The van der Waals surface area contributed by atoms with Crippen LogP contribution in [0.2, 0.25) is 0 Å². The van der Waals surface area contributed by atoms with E-state index < -0.39 is 0 Å². The second-order valence-corrected chi connectivity index (χ2v) is 7.99. The third kappa shape index (κ3) is 4.08. The molecule has 1 aromatic carbocycles. The highest BCUT2D eigenvalue weighted by atomic mass is 16.2. The van der Waals surface area contributed by atoms with Crippen LogP contribution in [-0.4, -0.2) is 34.3 Å². The molecule has 1 saturated heterocycles. The Labute approximate surface area is 166 Å². The van der Waals surface area contributed by atoms with Gasteiger partial charge in [-0.25, -0.2) is 0 Å². The van der Waals surface area contributed by atoms with Gasteiger partial charge in [-0.3, -0.25) is 14.6 Å². The molecule has 2 aliphatic rings. The summed E-state index contributed by atoms with van der Waals surface area (Å²) in [7, 11) is 0. The molecule has 2 heterocycles. The number of aromatic nitrogens is 1. The number of pyridine rings is 1. The van der Waals surface area contributed by atoms with Crippen molar-refractivity contribution in [2.45, 2.75) is 51.5 Å². The molecule has 1 unspecified atom stereocenters. The Morgan fingerprint density at radius 1 is 1.07 bits per heavy atom. The van der Waals surface area contributed by atoms with Gasteiger partial charge in [-0.15, -0.1) is 0 Å². The van der Waals surface area contributed by atoms with Gasteiger partial charge in [0.25, 0.3) is 0 Å². The Morgan fingerprint density at radius 3 is 2.54 bits per heavy atom.